The zero-order valence-corrected chi connectivity index (χ0v) is 14.6. The van der Waals surface area contributed by atoms with Gasteiger partial charge >= 0.3 is 0 Å². The van der Waals surface area contributed by atoms with Crippen LogP contribution in [0.15, 0.2) is 34.9 Å². The van der Waals surface area contributed by atoms with Crippen LogP contribution in [0.4, 0.5) is 0 Å². The summed E-state index contributed by atoms with van der Waals surface area (Å²) in [5, 5.41) is 2.99. The van der Waals surface area contributed by atoms with Crippen LogP contribution in [-0.4, -0.2) is 24.8 Å². The Labute approximate surface area is 144 Å². The van der Waals surface area contributed by atoms with E-state index in [0.717, 1.165) is 48.0 Å². The van der Waals surface area contributed by atoms with E-state index < -0.39 is 0 Å². The molecule has 1 amide bonds. The van der Waals surface area contributed by atoms with Crippen molar-refractivity contribution in [3.8, 4) is 0 Å². The summed E-state index contributed by atoms with van der Waals surface area (Å²) in [6.45, 7) is 1.54. The van der Waals surface area contributed by atoms with Gasteiger partial charge in [-0.1, -0.05) is 0 Å². The Balaban J connectivity index is 1.33. The summed E-state index contributed by atoms with van der Waals surface area (Å²) in [5.41, 5.74) is 0. The highest BCUT2D eigenvalue weighted by atomic mass is 32.2. The summed E-state index contributed by atoms with van der Waals surface area (Å²) in [6.07, 6.45) is 5.02. The average molecular weight is 351 g/mol. The van der Waals surface area contributed by atoms with Crippen LogP contribution in [0.5, 0.6) is 0 Å². The number of furan rings is 1. The number of amides is 1. The van der Waals surface area contributed by atoms with Crippen LogP contribution in [0.2, 0.25) is 0 Å². The number of nitrogens with one attached hydrogen (secondary N) is 1. The fourth-order valence-electron chi connectivity index (χ4n) is 2.48. The predicted molar refractivity (Wildman–Crippen MR) is 94.1 cm³/mol. The maximum atomic E-state index is 12.1. The number of rotatable bonds is 8. The van der Waals surface area contributed by atoms with Crippen LogP contribution in [0, 0.1) is 0 Å². The first-order valence-electron chi connectivity index (χ1n) is 7.92. The molecule has 0 saturated carbocycles. The Morgan fingerprint density at radius 1 is 1.39 bits per heavy atom. The second kappa shape index (κ2) is 8.57. The lowest BCUT2D eigenvalue weighted by Crippen LogP contribution is -2.23. The quantitative estimate of drug-likeness (QED) is 0.723. The van der Waals surface area contributed by atoms with Gasteiger partial charge in [-0.25, -0.2) is 0 Å². The highest BCUT2D eigenvalue weighted by Gasteiger charge is 2.20. The molecule has 2 aromatic heterocycles. The van der Waals surface area contributed by atoms with E-state index in [1.54, 1.807) is 17.6 Å². The molecule has 0 spiro atoms. The van der Waals surface area contributed by atoms with Gasteiger partial charge in [0.15, 0.2) is 0 Å². The largest absolute Gasteiger partial charge is 0.468 e. The molecule has 1 fully saturated rings. The standard InChI is InChI=1S/C17H21NO3S2/c19-17(16-7-6-15(23-16)14-5-2-10-21-14)18-8-3-11-22-12-13-4-1-9-20-13/h1,4,6-7,9,14H,2-3,5,8,10-12H2,(H,18,19). The first kappa shape index (κ1) is 16.6. The summed E-state index contributed by atoms with van der Waals surface area (Å²) in [5.74, 6) is 2.91. The van der Waals surface area contributed by atoms with Gasteiger partial charge in [0.1, 0.15) is 5.76 Å². The van der Waals surface area contributed by atoms with Crippen molar-refractivity contribution in [2.24, 2.45) is 0 Å². The topological polar surface area (TPSA) is 51.5 Å². The maximum absolute atomic E-state index is 12.1. The fourth-order valence-corrected chi connectivity index (χ4v) is 4.35. The maximum Gasteiger partial charge on any atom is 0.261 e. The number of carbonyl (C=O) groups excluding carboxylic acids is 1. The minimum Gasteiger partial charge on any atom is -0.468 e. The Kier molecular flexibility index (Phi) is 6.19. The van der Waals surface area contributed by atoms with Gasteiger partial charge in [0.25, 0.3) is 5.91 Å². The second-order valence-corrected chi connectivity index (χ2v) is 7.67. The summed E-state index contributed by atoms with van der Waals surface area (Å²) >= 11 is 3.37. The molecular formula is C17H21NO3S2. The first-order chi connectivity index (χ1) is 11.3. The van der Waals surface area contributed by atoms with E-state index >= 15 is 0 Å². The van der Waals surface area contributed by atoms with Crippen LogP contribution in [0.1, 0.15) is 45.7 Å². The molecule has 0 aliphatic carbocycles. The van der Waals surface area contributed by atoms with E-state index in [9.17, 15) is 4.79 Å². The molecule has 1 unspecified atom stereocenters. The van der Waals surface area contributed by atoms with E-state index in [1.165, 1.54) is 4.88 Å². The molecule has 0 aromatic carbocycles. The number of hydrogen-bond donors (Lipinski definition) is 1. The minimum absolute atomic E-state index is 0.0234. The van der Waals surface area contributed by atoms with Crippen molar-refractivity contribution in [3.05, 3.63) is 46.0 Å². The third kappa shape index (κ3) is 4.86. The van der Waals surface area contributed by atoms with Crippen molar-refractivity contribution in [2.45, 2.75) is 31.1 Å². The van der Waals surface area contributed by atoms with E-state index in [1.807, 2.05) is 36.0 Å². The monoisotopic (exact) mass is 351 g/mol. The zero-order chi connectivity index (χ0) is 15.9. The smallest absolute Gasteiger partial charge is 0.261 e. The molecule has 1 saturated heterocycles. The van der Waals surface area contributed by atoms with Gasteiger partial charge in [-0.3, -0.25) is 4.79 Å². The molecule has 4 nitrogen and oxygen atoms in total. The number of thiophene rings is 1. The summed E-state index contributed by atoms with van der Waals surface area (Å²) in [7, 11) is 0. The minimum atomic E-state index is 0.0234. The number of carbonyl (C=O) groups is 1. The van der Waals surface area contributed by atoms with Crippen LogP contribution in [-0.2, 0) is 10.5 Å². The van der Waals surface area contributed by atoms with Crippen molar-refractivity contribution in [2.75, 3.05) is 18.9 Å². The molecule has 0 radical (unpaired) electrons. The first-order valence-corrected chi connectivity index (χ1v) is 9.90. The van der Waals surface area contributed by atoms with E-state index in [2.05, 4.69) is 5.32 Å². The lowest BCUT2D eigenvalue weighted by Gasteiger charge is -2.05. The average Bonchev–Trinajstić information content (AvgIpc) is 3.32. The van der Waals surface area contributed by atoms with E-state index in [4.69, 9.17) is 9.15 Å². The molecular weight excluding hydrogens is 330 g/mol. The van der Waals surface area contributed by atoms with Crippen LogP contribution in [0.25, 0.3) is 0 Å². The second-order valence-electron chi connectivity index (χ2n) is 5.45. The van der Waals surface area contributed by atoms with Crippen LogP contribution in [0.3, 0.4) is 0 Å². The molecule has 124 valence electrons. The zero-order valence-electron chi connectivity index (χ0n) is 13.0. The Morgan fingerprint density at radius 3 is 3.13 bits per heavy atom. The third-order valence-corrected chi connectivity index (χ3v) is 5.92. The molecule has 1 N–H and O–H groups in total. The number of thioether (sulfide) groups is 1. The highest BCUT2D eigenvalue weighted by molar-refractivity contribution is 7.98. The van der Waals surface area contributed by atoms with Gasteiger partial charge < -0.3 is 14.5 Å². The van der Waals surface area contributed by atoms with Gasteiger partial charge in [-0.15, -0.1) is 11.3 Å². The highest BCUT2D eigenvalue weighted by Crippen LogP contribution is 2.33. The SMILES string of the molecule is O=C(NCCCSCc1ccco1)c1ccc(C2CCCO2)s1. The van der Waals surface area contributed by atoms with Crippen molar-refractivity contribution in [3.63, 3.8) is 0 Å². The Bertz CT molecular complexity index is 603. The summed E-state index contributed by atoms with van der Waals surface area (Å²) < 4.78 is 10.9. The van der Waals surface area contributed by atoms with Gasteiger partial charge in [0.05, 0.1) is 23.0 Å². The molecule has 1 aliphatic rings. The van der Waals surface area contributed by atoms with E-state index in [-0.39, 0.29) is 12.0 Å². The predicted octanol–water partition coefficient (Wildman–Crippen LogP) is 4.25. The number of ether oxygens (including phenoxy) is 1. The normalized spacial score (nSPS) is 17.5. The molecule has 2 aromatic rings. The number of hydrogen-bond acceptors (Lipinski definition) is 5. The summed E-state index contributed by atoms with van der Waals surface area (Å²) in [6, 6.07) is 7.82. The lowest BCUT2D eigenvalue weighted by atomic mass is 10.2. The molecule has 3 rings (SSSR count). The molecule has 6 heteroatoms. The van der Waals surface area contributed by atoms with Crippen LogP contribution < -0.4 is 5.32 Å². The fraction of sp³-hybridized carbons (Fsp3) is 0.471. The van der Waals surface area contributed by atoms with Crippen LogP contribution >= 0.6 is 23.1 Å². The summed E-state index contributed by atoms with van der Waals surface area (Å²) in [4.78, 5) is 14.1. The molecule has 1 atom stereocenters. The van der Waals surface area contributed by atoms with Crippen molar-refractivity contribution >= 4 is 29.0 Å². The van der Waals surface area contributed by atoms with Crippen molar-refractivity contribution < 1.29 is 13.9 Å². The lowest BCUT2D eigenvalue weighted by molar-refractivity contribution is 0.0958. The van der Waals surface area contributed by atoms with E-state index in [0.29, 0.717) is 6.54 Å². The van der Waals surface area contributed by atoms with Gasteiger partial charge in [0.2, 0.25) is 0 Å². The molecule has 0 bridgehead atoms. The van der Waals surface area contributed by atoms with Gasteiger partial charge in [-0.2, -0.15) is 11.8 Å². The van der Waals surface area contributed by atoms with Crippen molar-refractivity contribution in [1.29, 1.82) is 0 Å². The van der Waals surface area contributed by atoms with Crippen molar-refractivity contribution in [1.82, 2.24) is 5.32 Å². The third-order valence-electron chi connectivity index (χ3n) is 3.67. The molecule has 1 aliphatic heterocycles. The van der Waals surface area contributed by atoms with Gasteiger partial charge in [0, 0.05) is 18.0 Å². The van der Waals surface area contributed by atoms with Gasteiger partial charge in [-0.05, 0) is 49.3 Å². The molecule has 3 heterocycles. The Morgan fingerprint density at radius 2 is 2.35 bits per heavy atom. The Hall–Kier alpha value is -1.24. The molecule has 23 heavy (non-hydrogen) atoms.